The van der Waals surface area contributed by atoms with E-state index in [-0.39, 0.29) is 63.3 Å². The van der Waals surface area contributed by atoms with Gasteiger partial charge in [0.1, 0.15) is 54.4 Å². The lowest BCUT2D eigenvalue weighted by Gasteiger charge is -2.30. The number of hydrogen-bond acceptors (Lipinski definition) is 18. The average molecular weight is 1200 g/mol. The van der Waals surface area contributed by atoms with Crippen molar-refractivity contribution in [3.05, 3.63) is 0 Å². The number of carbonyl (C=O) groups excluding carboxylic acids is 10. The number of carbonyl (C=O) groups is 15. The average Bonchev–Trinajstić information content (AvgIpc) is 3.58. The van der Waals surface area contributed by atoms with E-state index in [1.165, 1.54) is 6.92 Å². The highest BCUT2D eigenvalue weighted by molar-refractivity contribution is 5.99. The largest absolute Gasteiger partial charge is 0.481 e. The van der Waals surface area contributed by atoms with Crippen LogP contribution in [0.4, 0.5) is 0 Å². The van der Waals surface area contributed by atoms with Gasteiger partial charge in [0.25, 0.3) is 0 Å². The first-order chi connectivity index (χ1) is 39.2. The second kappa shape index (κ2) is 39.4. The molecule has 21 N–H and O–H groups in total. The van der Waals surface area contributed by atoms with Gasteiger partial charge in [-0.3, -0.25) is 67.1 Å². The van der Waals surface area contributed by atoms with Gasteiger partial charge in [0, 0.05) is 25.7 Å². The second-order valence-electron chi connectivity index (χ2n) is 20.9. The number of carboxylic acid groups (broad SMARTS) is 5. The number of hydrogen-bond donors (Lipinski definition) is 18. The van der Waals surface area contributed by atoms with Crippen LogP contribution in [0.3, 0.4) is 0 Å². The van der Waals surface area contributed by atoms with Gasteiger partial charge in [0.2, 0.25) is 59.1 Å². The van der Waals surface area contributed by atoms with Crippen molar-refractivity contribution in [2.45, 2.75) is 198 Å². The summed E-state index contributed by atoms with van der Waals surface area (Å²) in [6, 6.07) is -16.5. The van der Waals surface area contributed by atoms with E-state index >= 15 is 0 Å². The minimum atomic E-state index is -1.98. The second-order valence-corrected chi connectivity index (χ2v) is 20.9. The molecule has 0 bridgehead atoms. The third kappa shape index (κ3) is 30.8. The molecule has 10 amide bonds. The predicted octanol–water partition coefficient (Wildman–Crippen LogP) is -4.64. The maximum atomic E-state index is 14.2. The molecule has 11 atom stereocenters. The Bertz CT molecular complexity index is 2300. The molecule has 0 aliphatic rings. The summed E-state index contributed by atoms with van der Waals surface area (Å²) in [5.74, 6) is -19.7. The van der Waals surface area contributed by atoms with Crippen LogP contribution in [0.15, 0.2) is 0 Å². The summed E-state index contributed by atoms with van der Waals surface area (Å²) in [7, 11) is 0. The van der Waals surface area contributed by atoms with Crippen LogP contribution in [0, 0.1) is 17.8 Å². The minimum Gasteiger partial charge on any atom is -0.481 e. The topological polar surface area (TPSA) is 564 Å². The first-order valence-electron chi connectivity index (χ1n) is 27.4. The summed E-state index contributed by atoms with van der Waals surface area (Å²) in [5, 5.41) is 78.2. The molecule has 33 heteroatoms. The van der Waals surface area contributed by atoms with Crippen LogP contribution in [0.2, 0.25) is 0 Å². The fourth-order valence-electron chi connectivity index (χ4n) is 7.90. The van der Waals surface area contributed by atoms with Crippen molar-refractivity contribution in [3.63, 3.8) is 0 Å². The number of nitrogens with two attached hydrogens (primary N) is 3. The standard InChI is InChI=1S/C51H86N12O21/c1-7-26(6)41(63-48(80)32(20-24(2)3)59-43(75)28(10-8-9-19-52)56-44(76)29(12-15-36(54)65)55-42(74)27(53)11-16-37(66)67)50(82)62-35(23-64)49(81)58-30(13-17-38(68)69)45(77)57-31(14-18-39(70)71)46(78)60-33(22-40(72)73)47(79)61-34(51(83)84)21-25(4)5/h24-35,41,64H,7-23,52-53H2,1-6H3,(H2,54,65)(H,55,74)(H,56,76)(H,57,77)(H,58,81)(H,59,75)(H,60,78)(H,61,79)(H,62,82)(H,63,80)(H,66,67)(H,68,69)(H,70,71)(H,72,73)(H,83,84)/t26?,27-,28-,29-,30-,31-,32-,33-,34-,35-,41-/m0/s1. The summed E-state index contributed by atoms with van der Waals surface area (Å²) >= 11 is 0. The van der Waals surface area contributed by atoms with Crippen LogP contribution in [-0.2, 0) is 71.9 Å². The maximum Gasteiger partial charge on any atom is 0.326 e. The van der Waals surface area contributed by atoms with Crippen LogP contribution >= 0.6 is 0 Å². The Kier molecular flexibility index (Phi) is 35.6. The molecule has 0 spiro atoms. The molecule has 84 heavy (non-hydrogen) atoms. The highest BCUT2D eigenvalue weighted by Crippen LogP contribution is 2.14. The summed E-state index contributed by atoms with van der Waals surface area (Å²) in [6.45, 7) is 8.84. The first-order valence-corrected chi connectivity index (χ1v) is 27.4. The third-order valence-corrected chi connectivity index (χ3v) is 12.7. The van der Waals surface area contributed by atoms with Crippen molar-refractivity contribution in [1.82, 2.24) is 47.9 Å². The van der Waals surface area contributed by atoms with Gasteiger partial charge in [-0.05, 0) is 82.1 Å². The van der Waals surface area contributed by atoms with Crippen LogP contribution in [0.1, 0.15) is 138 Å². The van der Waals surface area contributed by atoms with Crippen molar-refractivity contribution in [3.8, 4) is 0 Å². The lowest BCUT2D eigenvalue weighted by Crippen LogP contribution is -2.62. The molecule has 0 radical (unpaired) electrons. The molecule has 33 nitrogen and oxygen atoms in total. The quantitative estimate of drug-likeness (QED) is 0.0255. The molecule has 0 saturated heterocycles. The molecule has 0 aromatic heterocycles. The molecule has 0 fully saturated rings. The van der Waals surface area contributed by atoms with E-state index in [9.17, 15) is 97.5 Å². The van der Waals surface area contributed by atoms with Crippen molar-refractivity contribution in [2.24, 2.45) is 35.0 Å². The molecular formula is C51H86N12O21. The van der Waals surface area contributed by atoms with Crippen LogP contribution in [0.5, 0.6) is 0 Å². The zero-order valence-corrected chi connectivity index (χ0v) is 48.1. The summed E-state index contributed by atoms with van der Waals surface area (Å²) < 4.78 is 0. The van der Waals surface area contributed by atoms with Gasteiger partial charge >= 0.3 is 29.8 Å². The Morgan fingerprint density at radius 1 is 0.405 bits per heavy atom. The molecule has 1 unspecified atom stereocenters. The summed E-state index contributed by atoms with van der Waals surface area (Å²) in [6.07, 6.45) is -5.20. The fourth-order valence-corrected chi connectivity index (χ4v) is 7.90. The Morgan fingerprint density at radius 2 is 0.762 bits per heavy atom. The molecule has 0 saturated carbocycles. The van der Waals surface area contributed by atoms with Crippen LogP contribution in [-0.4, -0.2) is 193 Å². The fraction of sp³-hybridized carbons (Fsp3) is 0.706. The molecule has 0 aliphatic heterocycles. The highest BCUT2D eigenvalue weighted by Gasteiger charge is 2.37. The van der Waals surface area contributed by atoms with E-state index in [1.807, 2.05) is 0 Å². The van der Waals surface area contributed by atoms with Crippen molar-refractivity contribution in [1.29, 1.82) is 0 Å². The van der Waals surface area contributed by atoms with Gasteiger partial charge in [-0.2, -0.15) is 0 Å². The highest BCUT2D eigenvalue weighted by atomic mass is 16.4. The van der Waals surface area contributed by atoms with Gasteiger partial charge in [0.15, 0.2) is 0 Å². The number of aliphatic hydroxyl groups is 1. The molecule has 0 aliphatic carbocycles. The normalized spacial score (nSPS) is 15.0. The van der Waals surface area contributed by atoms with Gasteiger partial charge < -0.3 is 95.7 Å². The lowest BCUT2D eigenvalue weighted by molar-refractivity contribution is -0.144. The van der Waals surface area contributed by atoms with Crippen molar-refractivity contribution >= 4 is 88.9 Å². The lowest BCUT2D eigenvalue weighted by atomic mass is 9.96. The number of amides is 10. The van der Waals surface area contributed by atoms with E-state index in [2.05, 4.69) is 47.9 Å². The SMILES string of the molecule is CCC(C)[C@H](NC(=O)[C@H](CC(C)C)NC(=O)[C@H](CCCCN)NC(=O)[C@H](CCC(N)=O)NC(=O)[C@@H](N)CCC(=O)O)C(=O)N[C@@H](CO)C(=O)N[C@@H](CCC(=O)O)C(=O)N[C@@H](CCC(=O)O)C(=O)N[C@@H](CC(=O)O)C(=O)N[C@@H](CC(C)C)C(=O)O. The minimum absolute atomic E-state index is 0.0624. The number of rotatable bonds is 44. The maximum absolute atomic E-state index is 14.2. The number of primary amides is 1. The van der Waals surface area contributed by atoms with Crippen molar-refractivity contribution in [2.75, 3.05) is 13.2 Å². The Morgan fingerprint density at radius 3 is 1.17 bits per heavy atom. The molecule has 0 aromatic carbocycles. The summed E-state index contributed by atoms with van der Waals surface area (Å²) in [5.41, 5.74) is 16.8. The molecule has 0 rings (SSSR count). The van der Waals surface area contributed by atoms with Gasteiger partial charge in [-0.1, -0.05) is 48.0 Å². The zero-order valence-electron chi connectivity index (χ0n) is 48.1. The molecule has 476 valence electrons. The van der Waals surface area contributed by atoms with Crippen LogP contribution in [0.25, 0.3) is 0 Å². The zero-order chi connectivity index (χ0) is 64.6. The smallest absolute Gasteiger partial charge is 0.326 e. The Hall–Kier alpha value is -8.07. The predicted molar refractivity (Wildman–Crippen MR) is 293 cm³/mol. The third-order valence-electron chi connectivity index (χ3n) is 12.7. The molecular weight excluding hydrogens is 1120 g/mol. The summed E-state index contributed by atoms with van der Waals surface area (Å²) in [4.78, 5) is 193. The van der Waals surface area contributed by atoms with E-state index in [0.717, 1.165) is 0 Å². The monoisotopic (exact) mass is 1200 g/mol. The first kappa shape index (κ1) is 75.9. The van der Waals surface area contributed by atoms with Gasteiger partial charge in [-0.25, -0.2) is 4.79 Å². The van der Waals surface area contributed by atoms with Gasteiger partial charge in [0.05, 0.1) is 19.1 Å². The number of nitrogens with one attached hydrogen (secondary N) is 9. The number of aliphatic hydroxyl groups excluding tert-OH is 1. The Labute approximate surface area is 484 Å². The van der Waals surface area contributed by atoms with E-state index < -0.39 is 207 Å². The number of carboxylic acids is 5. The van der Waals surface area contributed by atoms with Crippen LogP contribution < -0.4 is 65.1 Å². The van der Waals surface area contributed by atoms with Crippen molar-refractivity contribution < 1.29 is 103 Å². The molecule has 0 heterocycles. The number of aliphatic carboxylic acids is 5. The van der Waals surface area contributed by atoms with E-state index in [4.69, 9.17) is 22.3 Å². The van der Waals surface area contributed by atoms with E-state index in [0.29, 0.717) is 6.42 Å². The van der Waals surface area contributed by atoms with Gasteiger partial charge in [-0.15, -0.1) is 0 Å². The Balaban J connectivity index is 6.82. The van der Waals surface area contributed by atoms with E-state index in [1.54, 1.807) is 34.6 Å². The number of unbranched alkanes of at least 4 members (excludes halogenated alkanes) is 1. The molecule has 0 aromatic rings.